The summed E-state index contributed by atoms with van der Waals surface area (Å²) in [6.07, 6.45) is 3.98. The summed E-state index contributed by atoms with van der Waals surface area (Å²) in [7, 11) is 0. The lowest BCUT2D eigenvalue weighted by molar-refractivity contribution is 0.262. The molecule has 27 heavy (non-hydrogen) atoms. The molecule has 2 N–H and O–H groups in total. The molecular weight excluding hydrogens is 336 g/mol. The zero-order valence-corrected chi connectivity index (χ0v) is 15.2. The Morgan fingerprint density at radius 3 is 2.48 bits per heavy atom. The summed E-state index contributed by atoms with van der Waals surface area (Å²) < 4.78 is 2.01. The summed E-state index contributed by atoms with van der Waals surface area (Å²) in [4.78, 5) is 17.0. The van der Waals surface area contributed by atoms with Gasteiger partial charge in [0.05, 0.1) is 5.69 Å². The average molecular weight is 356 g/mol. The number of nitrogens with one attached hydrogen (secondary N) is 2. The van der Waals surface area contributed by atoms with Crippen LogP contribution < -0.4 is 10.6 Å². The van der Waals surface area contributed by atoms with E-state index >= 15 is 0 Å². The molecule has 4 aromatic rings. The Labute approximate surface area is 157 Å². The fourth-order valence-corrected chi connectivity index (χ4v) is 2.98. The van der Waals surface area contributed by atoms with E-state index in [2.05, 4.69) is 10.6 Å². The molecule has 0 aliphatic carbocycles. The second kappa shape index (κ2) is 6.96. The van der Waals surface area contributed by atoms with Crippen LogP contribution in [0.5, 0.6) is 0 Å². The number of carbonyl (C=O) groups excluding carboxylic acids is 1. The number of benzene rings is 2. The topological polar surface area (TPSA) is 58.4 Å². The van der Waals surface area contributed by atoms with E-state index in [0.29, 0.717) is 5.69 Å². The number of hydrogen-bond donors (Lipinski definition) is 2. The number of carbonyl (C=O) groups is 1. The maximum absolute atomic E-state index is 12.3. The molecule has 0 saturated carbocycles. The van der Waals surface area contributed by atoms with Gasteiger partial charge in [-0.3, -0.25) is 0 Å². The van der Waals surface area contributed by atoms with Crippen molar-refractivity contribution in [2.45, 2.75) is 13.8 Å². The minimum Gasteiger partial charge on any atom is -0.308 e. The van der Waals surface area contributed by atoms with E-state index in [9.17, 15) is 4.79 Å². The highest BCUT2D eigenvalue weighted by atomic mass is 16.2. The molecule has 0 radical (unpaired) electrons. The molecule has 0 saturated heterocycles. The molecule has 0 bridgehead atoms. The summed E-state index contributed by atoms with van der Waals surface area (Å²) >= 11 is 0. The molecule has 0 aliphatic rings. The van der Waals surface area contributed by atoms with Crippen molar-refractivity contribution in [3.63, 3.8) is 0 Å². The molecule has 0 fully saturated rings. The van der Waals surface area contributed by atoms with Gasteiger partial charge in [0.1, 0.15) is 5.65 Å². The zero-order valence-electron chi connectivity index (χ0n) is 15.2. The van der Waals surface area contributed by atoms with Crippen LogP contribution in [0, 0.1) is 13.8 Å². The van der Waals surface area contributed by atoms with Gasteiger partial charge < -0.3 is 15.0 Å². The van der Waals surface area contributed by atoms with E-state index in [1.54, 1.807) is 0 Å². The second-order valence-corrected chi connectivity index (χ2v) is 6.57. The largest absolute Gasteiger partial charge is 0.323 e. The Hall–Kier alpha value is -3.60. The standard InChI is InChI=1S/C22H20N4O/c1-15-8-10-18(11-9-15)23-22(27)24-19-7-3-6-17(13-19)20-14-26-12-4-5-16(2)21(26)25-20/h3-14H,1-2H3,(H2,23,24,27). The van der Waals surface area contributed by atoms with Crippen molar-refractivity contribution in [2.24, 2.45) is 0 Å². The summed E-state index contributed by atoms with van der Waals surface area (Å²) in [6.45, 7) is 4.05. The number of urea groups is 1. The van der Waals surface area contributed by atoms with Crippen LogP contribution in [-0.4, -0.2) is 15.4 Å². The van der Waals surface area contributed by atoms with E-state index in [1.165, 1.54) is 0 Å². The quantitative estimate of drug-likeness (QED) is 0.526. The van der Waals surface area contributed by atoms with E-state index in [4.69, 9.17) is 4.98 Å². The maximum atomic E-state index is 12.3. The van der Waals surface area contributed by atoms with Gasteiger partial charge in [0.15, 0.2) is 0 Å². The highest BCUT2D eigenvalue weighted by Crippen LogP contribution is 2.23. The molecule has 2 amide bonds. The number of hydrogen-bond acceptors (Lipinski definition) is 2. The molecule has 2 aromatic carbocycles. The number of anilines is 2. The van der Waals surface area contributed by atoms with Gasteiger partial charge in [-0.05, 0) is 49.7 Å². The van der Waals surface area contributed by atoms with Gasteiger partial charge in [-0.25, -0.2) is 9.78 Å². The minimum absolute atomic E-state index is 0.276. The number of aryl methyl sites for hydroxylation is 2. The first kappa shape index (κ1) is 16.8. The van der Waals surface area contributed by atoms with E-state index < -0.39 is 0 Å². The number of imidazole rings is 1. The monoisotopic (exact) mass is 356 g/mol. The average Bonchev–Trinajstić information content (AvgIpc) is 3.10. The summed E-state index contributed by atoms with van der Waals surface area (Å²) in [5.74, 6) is 0. The first-order chi connectivity index (χ1) is 13.1. The normalized spacial score (nSPS) is 10.7. The van der Waals surface area contributed by atoms with Crippen molar-refractivity contribution in [1.29, 1.82) is 0 Å². The molecule has 134 valence electrons. The first-order valence-corrected chi connectivity index (χ1v) is 8.78. The van der Waals surface area contributed by atoms with Crippen molar-refractivity contribution in [3.05, 3.63) is 84.2 Å². The van der Waals surface area contributed by atoms with Crippen LogP contribution in [-0.2, 0) is 0 Å². The van der Waals surface area contributed by atoms with Crippen LogP contribution >= 0.6 is 0 Å². The third kappa shape index (κ3) is 3.67. The maximum Gasteiger partial charge on any atom is 0.323 e. The Morgan fingerprint density at radius 2 is 1.70 bits per heavy atom. The fraction of sp³-hybridized carbons (Fsp3) is 0.0909. The molecule has 0 aliphatic heterocycles. The van der Waals surface area contributed by atoms with Crippen molar-refractivity contribution in [1.82, 2.24) is 9.38 Å². The SMILES string of the molecule is Cc1ccc(NC(=O)Nc2cccc(-c3cn4cccc(C)c4n3)c2)cc1. The first-order valence-electron chi connectivity index (χ1n) is 8.78. The van der Waals surface area contributed by atoms with E-state index in [1.807, 2.05) is 91.3 Å². The lowest BCUT2D eigenvalue weighted by Gasteiger charge is -2.08. The Bertz CT molecular complexity index is 1110. The molecule has 0 spiro atoms. The number of pyridine rings is 1. The molecular formula is C22H20N4O. The van der Waals surface area contributed by atoms with Crippen LogP contribution in [0.15, 0.2) is 73.1 Å². The van der Waals surface area contributed by atoms with Crippen LogP contribution in [0.3, 0.4) is 0 Å². The van der Waals surface area contributed by atoms with Gasteiger partial charge in [-0.2, -0.15) is 0 Å². The Balaban J connectivity index is 1.54. The van der Waals surface area contributed by atoms with Crippen LogP contribution in [0.25, 0.3) is 16.9 Å². The molecule has 0 atom stereocenters. The zero-order chi connectivity index (χ0) is 18.8. The summed E-state index contributed by atoms with van der Waals surface area (Å²) in [5, 5.41) is 5.71. The minimum atomic E-state index is -0.276. The van der Waals surface area contributed by atoms with Crippen LogP contribution in [0.4, 0.5) is 16.2 Å². The number of nitrogens with zero attached hydrogens (tertiary/aromatic N) is 2. The highest BCUT2D eigenvalue weighted by molar-refractivity contribution is 6.00. The van der Waals surface area contributed by atoms with Crippen molar-refractivity contribution in [2.75, 3.05) is 10.6 Å². The van der Waals surface area contributed by atoms with E-state index in [0.717, 1.165) is 33.7 Å². The summed E-state index contributed by atoms with van der Waals surface area (Å²) in [5.41, 5.74) is 6.49. The number of rotatable bonds is 3. The van der Waals surface area contributed by atoms with Crippen LogP contribution in [0.2, 0.25) is 0 Å². The fourth-order valence-electron chi connectivity index (χ4n) is 2.98. The van der Waals surface area contributed by atoms with E-state index in [-0.39, 0.29) is 6.03 Å². The van der Waals surface area contributed by atoms with Gasteiger partial charge in [0.25, 0.3) is 0 Å². The molecule has 0 unspecified atom stereocenters. The molecule has 5 heteroatoms. The molecule has 2 heterocycles. The molecule has 2 aromatic heterocycles. The highest BCUT2D eigenvalue weighted by Gasteiger charge is 2.08. The number of aromatic nitrogens is 2. The summed E-state index contributed by atoms with van der Waals surface area (Å²) in [6, 6.07) is 19.1. The predicted molar refractivity (Wildman–Crippen MR) is 109 cm³/mol. The third-order valence-corrected chi connectivity index (χ3v) is 4.40. The second-order valence-electron chi connectivity index (χ2n) is 6.57. The van der Waals surface area contributed by atoms with Crippen molar-refractivity contribution < 1.29 is 4.79 Å². The lowest BCUT2D eigenvalue weighted by atomic mass is 10.1. The third-order valence-electron chi connectivity index (χ3n) is 4.40. The molecule has 4 rings (SSSR count). The Kier molecular flexibility index (Phi) is 4.34. The van der Waals surface area contributed by atoms with Gasteiger partial charge >= 0.3 is 6.03 Å². The predicted octanol–water partition coefficient (Wildman–Crippen LogP) is 5.26. The van der Waals surface area contributed by atoms with Crippen molar-refractivity contribution in [3.8, 4) is 11.3 Å². The van der Waals surface area contributed by atoms with Gasteiger partial charge in [-0.15, -0.1) is 0 Å². The number of amides is 2. The smallest absolute Gasteiger partial charge is 0.308 e. The Morgan fingerprint density at radius 1 is 0.926 bits per heavy atom. The lowest BCUT2D eigenvalue weighted by Crippen LogP contribution is -2.19. The van der Waals surface area contributed by atoms with Crippen molar-refractivity contribution >= 4 is 23.1 Å². The van der Waals surface area contributed by atoms with Crippen LogP contribution in [0.1, 0.15) is 11.1 Å². The van der Waals surface area contributed by atoms with Gasteiger partial charge in [-0.1, -0.05) is 35.9 Å². The van der Waals surface area contributed by atoms with Gasteiger partial charge in [0, 0.05) is 29.3 Å². The molecule has 5 nitrogen and oxygen atoms in total. The number of fused-ring (bicyclic) bond motifs is 1. The van der Waals surface area contributed by atoms with Gasteiger partial charge in [0.2, 0.25) is 0 Å².